The fraction of sp³-hybridized carbons (Fsp3) is 0.480. The number of carbonyl (C=O) groups excluding carboxylic acids is 1. The number of phenolic OH excluding ortho intramolecular Hbond substituents is 1. The lowest BCUT2D eigenvalue weighted by atomic mass is 10.0. The lowest BCUT2D eigenvalue weighted by Gasteiger charge is -2.34. The molecule has 1 fully saturated rings. The molecule has 216 valence electrons. The van der Waals surface area contributed by atoms with Gasteiger partial charge < -0.3 is 25.7 Å². The number of aromatic hydroxyl groups is 1. The van der Waals surface area contributed by atoms with Crippen LogP contribution in [0.2, 0.25) is 0 Å². The van der Waals surface area contributed by atoms with Crippen molar-refractivity contribution in [2.24, 2.45) is 0 Å². The topological polar surface area (TPSA) is 177 Å². The van der Waals surface area contributed by atoms with E-state index in [-0.39, 0.29) is 28.9 Å². The summed E-state index contributed by atoms with van der Waals surface area (Å²) in [6, 6.07) is 10.1. The Hall–Kier alpha value is -3.07. The van der Waals surface area contributed by atoms with E-state index in [0.29, 0.717) is 12.1 Å². The molecule has 2 amide bonds. The molecule has 0 bridgehead atoms. The highest BCUT2D eigenvalue weighted by Crippen LogP contribution is 2.28. The van der Waals surface area contributed by atoms with Crippen LogP contribution in [0.5, 0.6) is 5.75 Å². The molecule has 12 nitrogen and oxygen atoms in total. The smallest absolute Gasteiger partial charge is 0.328 e. The van der Waals surface area contributed by atoms with Crippen LogP contribution in [0.25, 0.3) is 0 Å². The van der Waals surface area contributed by atoms with E-state index in [1.165, 1.54) is 30.3 Å². The zero-order chi connectivity index (χ0) is 28.6. The first-order valence-electron chi connectivity index (χ1n) is 12.8. The maximum absolute atomic E-state index is 12.5. The molecular weight excluding hydrogens is 546 g/mol. The summed E-state index contributed by atoms with van der Waals surface area (Å²) in [5.74, 6) is -0.230. The third-order valence-corrected chi connectivity index (χ3v) is 8.29. The highest BCUT2D eigenvalue weighted by atomic mass is 32.2. The number of anilines is 2. The van der Waals surface area contributed by atoms with Gasteiger partial charge in [0.25, 0.3) is 10.0 Å². The van der Waals surface area contributed by atoms with E-state index >= 15 is 0 Å². The van der Waals surface area contributed by atoms with Crippen LogP contribution in [0.3, 0.4) is 0 Å². The van der Waals surface area contributed by atoms with E-state index in [9.17, 15) is 31.8 Å². The van der Waals surface area contributed by atoms with Crippen LogP contribution in [0, 0.1) is 0 Å². The van der Waals surface area contributed by atoms with Crippen LogP contribution in [-0.2, 0) is 20.0 Å². The second-order valence-corrected chi connectivity index (χ2v) is 13.0. The first-order chi connectivity index (χ1) is 18.4. The zero-order valence-electron chi connectivity index (χ0n) is 22.1. The number of phenols is 1. The number of benzene rings is 2. The number of rotatable bonds is 12. The number of aliphatic hydroxyl groups is 1. The number of nitrogens with one attached hydrogen (secondary N) is 4. The molecule has 0 saturated carbocycles. The number of carbonyl (C=O) groups is 1. The van der Waals surface area contributed by atoms with Crippen LogP contribution in [0.1, 0.15) is 44.3 Å². The highest BCUT2D eigenvalue weighted by molar-refractivity contribution is 7.92. The largest absolute Gasteiger partial charge is 0.506 e. The molecule has 0 aliphatic carbocycles. The molecule has 3 rings (SSSR count). The fourth-order valence-electron chi connectivity index (χ4n) is 4.21. The molecule has 14 heteroatoms. The van der Waals surface area contributed by atoms with Crippen molar-refractivity contribution in [2.45, 2.75) is 49.6 Å². The number of unbranched alkanes of at least 4 members (excludes halogenated alkanes) is 1. The van der Waals surface area contributed by atoms with Gasteiger partial charge in [0.15, 0.2) is 0 Å². The maximum Gasteiger partial charge on any atom is 0.328 e. The molecule has 0 unspecified atom stereocenters. The minimum absolute atomic E-state index is 0.00607. The number of sulfonamides is 2. The summed E-state index contributed by atoms with van der Waals surface area (Å²) < 4.78 is 52.2. The van der Waals surface area contributed by atoms with Crippen molar-refractivity contribution in [3.63, 3.8) is 0 Å². The van der Waals surface area contributed by atoms with E-state index in [1.54, 1.807) is 12.1 Å². The van der Waals surface area contributed by atoms with E-state index in [2.05, 4.69) is 20.3 Å². The van der Waals surface area contributed by atoms with E-state index in [1.807, 2.05) is 11.6 Å². The summed E-state index contributed by atoms with van der Waals surface area (Å²) in [5, 5.41) is 26.3. The Balaban J connectivity index is 1.49. The van der Waals surface area contributed by atoms with Crippen LogP contribution < -0.4 is 25.0 Å². The second kappa shape index (κ2) is 13.3. The van der Waals surface area contributed by atoms with Gasteiger partial charge in [-0.15, -0.1) is 0 Å². The number of aliphatic hydroxyl groups excluding tert-OH is 1. The van der Waals surface area contributed by atoms with Crippen LogP contribution in [-0.4, -0.2) is 71.6 Å². The van der Waals surface area contributed by atoms with Crippen molar-refractivity contribution in [1.82, 2.24) is 15.4 Å². The van der Waals surface area contributed by atoms with Crippen molar-refractivity contribution in [1.29, 1.82) is 0 Å². The van der Waals surface area contributed by atoms with Gasteiger partial charge in [-0.1, -0.05) is 19.4 Å². The van der Waals surface area contributed by atoms with E-state index < -0.39 is 32.2 Å². The first-order valence-corrected chi connectivity index (χ1v) is 16.1. The molecule has 0 radical (unpaired) electrons. The number of amides is 2. The Kier molecular flexibility index (Phi) is 10.4. The molecule has 1 atom stereocenters. The van der Waals surface area contributed by atoms with Gasteiger partial charge in [0, 0.05) is 37.9 Å². The standard InChI is InChI=1S/C25H37N5O7S2/c1-3-4-13-26-25(33)29-39(36,37)21-8-6-20(7-9-21)30-14-11-19(12-15-30)27-17-24(32)18-5-10-23(31)22(16-18)28-38(2,34)35/h5-10,16,19,24,27-28,31-32H,3-4,11-15,17H2,1-2H3,(H2,26,29,33)/t24-/m0/s1. The van der Waals surface area contributed by atoms with Crippen molar-refractivity contribution < 1.29 is 31.8 Å². The molecular formula is C25H37N5O7S2. The van der Waals surface area contributed by atoms with Gasteiger partial charge in [-0.25, -0.2) is 26.4 Å². The Morgan fingerprint density at radius 1 is 1.08 bits per heavy atom. The average Bonchev–Trinajstić information content (AvgIpc) is 2.88. The van der Waals surface area contributed by atoms with Crippen LogP contribution in [0.15, 0.2) is 47.4 Å². The normalized spacial score (nSPS) is 15.5. The lowest BCUT2D eigenvalue weighted by Crippen LogP contribution is -2.43. The number of nitrogens with zero attached hydrogens (tertiary/aromatic N) is 1. The first kappa shape index (κ1) is 30.5. The highest BCUT2D eigenvalue weighted by Gasteiger charge is 2.22. The fourth-order valence-corrected chi connectivity index (χ4v) is 5.70. The molecule has 2 aromatic carbocycles. The Bertz CT molecular complexity index is 1330. The molecule has 2 aromatic rings. The molecule has 1 heterocycles. The summed E-state index contributed by atoms with van der Waals surface area (Å²) in [6.45, 7) is 4.07. The molecule has 1 aliphatic heterocycles. The predicted octanol–water partition coefficient (Wildman–Crippen LogP) is 1.84. The molecule has 1 aliphatic rings. The quantitative estimate of drug-likeness (QED) is 0.161. The average molecular weight is 584 g/mol. The van der Waals surface area contributed by atoms with Gasteiger partial charge in [-0.2, -0.15) is 0 Å². The predicted molar refractivity (Wildman–Crippen MR) is 150 cm³/mol. The van der Waals surface area contributed by atoms with Crippen LogP contribution in [0.4, 0.5) is 16.2 Å². The zero-order valence-corrected chi connectivity index (χ0v) is 23.7. The third-order valence-electron chi connectivity index (χ3n) is 6.35. The van der Waals surface area contributed by atoms with Crippen LogP contribution >= 0.6 is 0 Å². The third kappa shape index (κ3) is 9.27. The minimum Gasteiger partial charge on any atom is -0.506 e. The Morgan fingerprint density at radius 2 is 1.74 bits per heavy atom. The summed E-state index contributed by atoms with van der Waals surface area (Å²) in [4.78, 5) is 14.0. The van der Waals surface area contributed by atoms with Crippen molar-refractivity contribution in [3.8, 4) is 5.75 Å². The number of hydrogen-bond donors (Lipinski definition) is 6. The second-order valence-electron chi connectivity index (χ2n) is 9.55. The monoisotopic (exact) mass is 583 g/mol. The van der Waals surface area contributed by atoms with E-state index in [4.69, 9.17) is 0 Å². The number of piperidine rings is 1. The summed E-state index contributed by atoms with van der Waals surface area (Å²) in [7, 11) is -7.55. The molecule has 39 heavy (non-hydrogen) atoms. The number of urea groups is 1. The number of hydrogen-bond acceptors (Lipinski definition) is 9. The Morgan fingerprint density at radius 3 is 2.36 bits per heavy atom. The summed E-state index contributed by atoms with van der Waals surface area (Å²) in [6.07, 6.45) is 3.32. The SMILES string of the molecule is CCCCNC(=O)NS(=O)(=O)c1ccc(N2CCC(NC[C@H](O)c3ccc(O)c(NS(C)(=O)=O)c3)CC2)cc1. The van der Waals surface area contributed by atoms with Gasteiger partial charge in [-0.05, 0) is 61.2 Å². The summed E-state index contributed by atoms with van der Waals surface area (Å²) in [5.41, 5.74) is 1.34. The van der Waals surface area contributed by atoms with Gasteiger partial charge in [-0.3, -0.25) is 4.72 Å². The lowest BCUT2D eigenvalue weighted by molar-refractivity contribution is 0.167. The van der Waals surface area contributed by atoms with Crippen molar-refractivity contribution >= 4 is 37.5 Å². The van der Waals surface area contributed by atoms with Gasteiger partial charge in [0.05, 0.1) is 22.9 Å². The Labute approximate surface area is 229 Å². The van der Waals surface area contributed by atoms with Crippen molar-refractivity contribution in [2.75, 3.05) is 42.1 Å². The van der Waals surface area contributed by atoms with Gasteiger partial charge in [0.1, 0.15) is 5.75 Å². The van der Waals surface area contributed by atoms with Gasteiger partial charge in [0.2, 0.25) is 10.0 Å². The minimum atomic E-state index is -3.97. The molecule has 0 spiro atoms. The van der Waals surface area contributed by atoms with E-state index in [0.717, 1.165) is 50.7 Å². The molecule has 1 saturated heterocycles. The van der Waals surface area contributed by atoms with Gasteiger partial charge >= 0.3 is 6.03 Å². The summed E-state index contributed by atoms with van der Waals surface area (Å²) >= 11 is 0. The maximum atomic E-state index is 12.5. The molecule has 6 N–H and O–H groups in total. The van der Waals surface area contributed by atoms with Crippen molar-refractivity contribution in [3.05, 3.63) is 48.0 Å². The molecule has 0 aromatic heterocycles.